The maximum absolute atomic E-state index is 13.2. The van der Waals surface area contributed by atoms with Crippen molar-refractivity contribution >= 4 is 17.9 Å². The van der Waals surface area contributed by atoms with E-state index in [-0.39, 0.29) is 13.2 Å². The van der Waals surface area contributed by atoms with E-state index in [4.69, 9.17) is 15.2 Å². The summed E-state index contributed by atoms with van der Waals surface area (Å²) in [7, 11) is 1.59. The predicted molar refractivity (Wildman–Crippen MR) is 150 cm³/mol. The predicted octanol–water partition coefficient (Wildman–Crippen LogP) is 2.04. The quantitative estimate of drug-likeness (QED) is 0.195. The van der Waals surface area contributed by atoms with Crippen molar-refractivity contribution in [3.63, 3.8) is 0 Å². The van der Waals surface area contributed by atoms with Crippen molar-refractivity contribution in [2.75, 3.05) is 13.7 Å². The largest absolute Gasteiger partial charge is 0.497 e. The number of carbonyl (C=O) groups is 3. The van der Waals surface area contributed by atoms with Crippen LogP contribution in [0.4, 0.5) is 4.79 Å². The third-order valence-electron chi connectivity index (χ3n) is 6.13. The van der Waals surface area contributed by atoms with Crippen LogP contribution in [0.3, 0.4) is 0 Å². The Bertz CT molecular complexity index is 1230. The van der Waals surface area contributed by atoms with Gasteiger partial charge in [0, 0.05) is 13.1 Å². The first-order chi connectivity index (χ1) is 19.3. The van der Waals surface area contributed by atoms with E-state index in [1.54, 1.807) is 19.2 Å². The highest BCUT2D eigenvalue weighted by Gasteiger charge is 2.28. The van der Waals surface area contributed by atoms with Gasteiger partial charge in [0.15, 0.2) is 0 Å². The fraction of sp³-hybridized carbons (Fsp3) is 0.300. The molecule has 0 aliphatic rings. The molecule has 3 rings (SSSR count). The van der Waals surface area contributed by atoms with Gasteiger partial charge in [-0.1, -0.05) is 72.8 Å². The van der Waals surface area contributed by atoms with E-state index in [1.165, 1.54) is 0 Å². The monoisotopic (exact) mass is 548 g/mol. The summed E-state index contributed by atoms with van der Waals surface area (Å²) < 4.78 is 10.4. The number of primary amides is 1. The van der Waals surface area contributed by atoms with Crippen molar-refractivity contribution in [3.8, 4) is 5.75 Å². The van der Waals surface area contributed by atoms with Crippen LogP contribution in [-0.2, 0) is 33.9 Å². The molecule has 0 unspecified atom stereocenters. The molecule has 3 aromatic rings. The van der Waals surface area contributed by atoms with Gasteiger partial charge in [0.25, 0.3) is 0 Å². The summed E-state index contributed by atoms with van der Waals surface area (Å²) in [5.41, 5.74) is 7.97. The summed E-state index contributed by atoms with van der Waals surface area (Å²) in [6, 6.07) is 23.9. The highest BCUT2D eigenvalue weighted by Crippen LogP contribution is 2.13. The molecule has 40 heavy (non-hydrogen) atoms. The minimum absolute atomic E-state index is 0.00805. The van der Waals surface area contributed by atoms with Crippen molar-refractivity contribution < 1.29 is 29.0 Å². The van der Waals surface area contributed by atoms with Crippen LogP contribution in [0.5, 0.6) is 5.75 Å². The number of nitrogens with two attached hydrogens (primary N) is 1. The van der Waals surface area contributed by atoms with Crippen LogP contribution >= 0.6 is 0 Å². The van der Waals surface area contributed by atoms with Gasteiger partial charge in [0.05, 0.1) is 25.7 Å². The van der Waals surface area contributed by atoms with E-state index in [9.17, 15) is 19.5 Å². The molecule has 10 heteroatoms. The molecule has 3 amide bonds. The number of hydrogen-bond donors (Lipinski definition) is 5. The Labute approximate surface area is 233 Å². The molecule has 0 bridgehead atoms. The third kappa shape index (κ3) is 10.4. The average Bonchev–Trinajstić information content (AvgIpc) is 2.96. The molecule has 6 N–H and O–H groups in total. The summed E-state index contributed by atoms with van der Waals surface area (Å²) in [6.07, 6.45) is -1.98. The number of benzene rings is 3. The lowest BCUT2D eigenvalue weighted by atomic mass is 10.00. The fourth-order valence-electron chi connectivity index (χ4n) is 4.04. The fourth-order valence-corrected chi connectivity index (χ4v) is 4.04. The number of nitrogens with one attached hydrogen (secondary N) is 3. The van der Waals surface area contributed by atoms with E-state index in [1.807, 2.05) is 72.8 Å². The summed E-state index contributed by atoms with van der Waals surface area (Å²) in [6.45, 7) is 0.632. The number of alkyl carbamates (subject to hydrolysis) is 1. The van der Waals surface area contributed by atoms with Crippen LogP contribution in [0.25, 0.3) is 0 Å². The molecule has 0 saturated heterocycles. The van der Waals surface area contributed by atoms with Crippen LogP contribution in [0.1, 0.15) is 23.1 Å². The third-order valence-corrected chi connectivity index (χ3v) is 6.13. The molecule has 0 aliphatic heterocycles. The Morgan fingerprint density at radius 3 is 2.17 bits per heavy atom. The zero-order chi connectivity index (χ0) is 28.7. The minimum Gasteiger partial charge on any atom is -0.497 e. The van der Waals surface area contributed by atoms with Crippen molar-refractivity contribution in [2.45, 2.75) is 44.2 Å². The Morgan fingerprint density at radius 2 is 1.52 bits per heavy atom. The van der Waals surface area contributed by atoms with Crippen molar-refractivity contribution in [1.82, 2.24) is 16.0 Å². The lowest BCUT2D eigenvalue weighted by Gasteiger charge is -2.27. The number of ether oxygens (including phenoxy) is 2. The van der Waals surface area contributed by atoms with Gasteiger partial charge < -0.3 is 36.3 Å². The summed E-state index contributed by atoms with van der Waals surface area (Å²) >= 11 is 0. The van der Waals surface area contributed by atoms with Crippen molar-refractivity contribution in [1.29, 1.82) is 0 Å². The Kier molecular flexibility index (Phi) is 12.0. The number of methoxy groups -OCH3 is 1. The van der Waals surface area contributed by atoms with Crippen molar-refractivity contribution in [2.24, 2.45) is 5.73 Å². The molecular weight excluding hydrogens is 512 g/mol. The van der Waals surface area contributed by atoms with Gasteiger partial charge in [-0.25, -0.2) is 4.79 Å². The molecule has 0 heterocycles. The maximum Gasteiger partial charge on any atom is 0.408 e. The Hall–Kier alpha value is -4.41. The second-order valence-corrected chi connectivity index (χ2v) is 9.28. The maximum atomic E-state index is 13.2. The molecule has 0 fully saturated rings. The van der Waals surface area contributed by atoms with Gasteiger partial charge in [0.2, 0.25) is 11.8 Å². The Morgan fingerprint density at radius 1 is 0.875 bits per heavy atom. The summed E-state index contributed by atoms with van der Waals surface area (Å²) in [4.78, 5) is 37.3. The normalized spacial score (nSPS) is 12.9. The summed E-state index contributed by atoms with van der Waals surface area (Å²) in [5, 5.41) is 19.5. The Balaban J connectivity index is 1.64. The second-order valence-electron chi connectivity index (χ2n) is 9.28. The second kappa shape index (κ2) is 15.9. The van der Waals surface area contributed by atoms with Crippen LogP contribution in [0, 0.1) is 0 Å². The number of hydrogen-bond acceptors (Lipinski definition) is 7. The number of aliphatic hydroxyl groups excluding tert-OH is 1. The molecule has 0 saturated carbocycles. The number of amides is 3. The molecule has 212 valence electrons. The topological polar surface area (TPSA) is 152 Å². The van der Waals surface area contributed by atoms with Gasteiger partial charge in [-0.05, 0) is 35.2 Å². The molecule has 10 nitrogen and oxygen atoms in total. The zero-order valence-electron chi connectivity index (χ0n) is 22.4. The number of aliphatic hydroxyl groups is 1. The molecule has 0 radical (unpaired) electrons. The lowest BCUT2D eigenvalue weighted by Crippen LogP contribution is -2.55. The smallest absolute Gasteiger partial charge is 0.408 e. The van der Waals surface area contributed by atoms with Crippen LogP contribution in [0.15, 0.2) is 84.9 Å². The van der Waals surface area contributed by atoms with E-state index in [2.05, 4.69) is 16.0 Å². The van der Waals surface area contributed by atoms with Crippen molar-refractivity contribution in [3.05, 3.63) is 102 Å². The van der Waals surface area contributed by atoms with E-state index in [0.29, 0.717) is 13.0 Å². The summed E-state index contributed by atoms with van der Waals surface area (Å²) in [5.74, 6) is -0.712. The molecule has 3 aromatic carbocycles. The zero-order valence-corrected chi connectivity index (χ0v) is 22.4. The van der Waals surface area contributed by atoms with E-state index in [0.717, 1.165) is 22.4 Å². The molecule has 0 aliphatic carbocycles. The van der Waals surface area contributed by atoms with Crippen LogP contribution < -0.4 is 26.4 Å². The molecule has 3 atom stereocenters. The van der Waals surface area contributed by atoms with Gasteiger partial charge >= 0.3 is 6.09 Å². The standard InChI is InChI=1S/C30H36N4O6/c1-39-24-14-8-13-23(15-24)18-32-19-27(35)25(16-21-9-4-2-5-10-21)33-29(37)26(17-28(31)36)34-30(38)40-20-22-11-6-3-7-12-22/h2-15,25-27,32,35H,16-20H2,1H3,(H2,31,36)(H,33,37)(H,34,38)/t25-,26-,27+/m0/s1. The molecule has 0 spiro atoms. The average molecular weight is 549 g/mol. The number of carbonyl (C=O) groups excluding carboxylic acids is 3. The van der Waals surface area contributed by atoms with Crippen LogP contribution in [0.2, 0.25) is 0 Å². The SMILES string of the molecule is COc1cccc(CNC[C@@H](O)[C@H](Cc2ccccc2)NC(=O)[C@H](CC(N)=O)NC(=O)OCc2ccccc2)c1. The van der Waals surface area contributed by atoms with E-state index < -0.39 is 42.5 Å². The molecular formula is C30H36N4O6. The first-order valence-corrected chi connectivity index (χ1v) is 13.0. The van der Waals surface area contributed by atoms with Gasteiger partial charge in [-0.15, -0.1) is 0 Å². The minimum atomic E-state index is -1.28. The van der Waals surface area contributed by atoms with E-state index >= 15 is 0 Å². The lowest BCUT2D eigenvalue weighted by molar-refractivity contribution is -0.128. The van der Waals surface area contributed by atoms with Gasteiger partial charge in [0.1, 0.15) is 18.4 Å². The first kappa shape index (κ1) is 30.1. The highest BCUT2D eigenvalue weighted by atomic mass is 16.5. The molecule has 0 aromatic heterocycles. The first-order valence-electron chi connectivity index (χ1n) is 13.0. The van der Waals surface area contributed by atoms with Crippen LogP contribution in [-0.4, -0.2) is 54.9 Å². The highest BCUT2D eigenvalue weighted by molar-refractivity contribution is 5.90. The van der Waals surface area contributed by atoms with Gasteiger partial charge in [-0.3, -0.25) is 9.59 Å². The number of rotatable bonds is 15. The van der Waals surface area contributed by atoms with Gasteiger partial charge in [-0.2, -0.15) is 0 Å².